The standard InChI is InChI=1S/C24H22N2O4/c1-2-19(16-8-4-3-5-9-16)23(28)25-18-14-12-17(13-15-18)22(27)26-21-11-7-6-10-20(21)24(29)30/h3-15,19H,2H2,1H3,(H,25,28)(H,26,27)(H,29,30)/p-1/t19-/m0/s1. The molecular weight excluding hydrogens is 380 g/mol. The van der Waals surface area contributed by atoms with Gasteiger partial charge in [0.25, 0.3) is 5.91 Å². The molecule has 3 aromatic carbocycles. The predicted molar refractivity (Wildman–Crippen MR) is 113 cm³/mol. The number of carboxylic acids is 1. The lowest BCUT2D eigenvalue weighted by Crippen LogP contribution is -2.24. The number of nitrogens with one attached hydrogen (secondary N) is 2. The maximum absolute atomic E-state index is 12.7. The molecule has 0 heterocycles. The summed E-state index contributed by atoms with van der Waals surface area (Å²) in [5, 5.41) is 16.6. The van der Waals surface area contributed by atoms with Crippen LogP contribution in [-0.4, -0.2) is 17.8 Å². The van der Waals surface area contributed by atoms with E-state index in [0.717, 1.165) is 5.56 Å². The summed E-state index contributed by atoms with van der Waals surface area (Å²) in [5.74, 6) is -2.22. The van der Waals surface area contributed by atoms with E-state index in [0.29, 0.717) is 17.7 Å². The van der Waals surface area contributed by atoms with E-state index in [1.807, 2.05) is 37.3 Å². The molecule has 3 rings (SSSR count). The van der Waals surface area contributed by atoms with Gasteiger partial charge in [-0.1, -0.05) is 55.5 Å². The molecule has 3 aromatic rings. The summed E-state index contributed by atoms with van der Waals surface area (Å²) < 4.78 is 0. The first-order valence-electron chi connectivity index (χ1n) is 9.57. The molecule has 152 valence electrons. The Hall–Kier alpha value is -3.93. The number of rotatable bonds is 7. The second-order valence-electron chi connectivity index (χ2n) is 6.73. The summed E-state index contributed by atoms with van der Waals surface area (Å²) in [7, 11) is 0. The van der Waals surface area contributed by atoms with E-state index in [-0.39, 0.29) is 23.1 Å². The Morgan fingerprint density at radius 3 is 2.10 bits per heavy atom. The minimum Gasteiger partial charge on any atom is -0.545 e. The second kappa shape index (κ2) is 9.52. The lowest BCUT2D eigenvalue weighted by atomic mass is 9.95. The van der Waals surface area contributed by atoms with Crippen molar-refractivity contribution in [1.29, 1.82) is 0 Å². The molecule has 0 aliphatic carbocycles. The molecule has 0 saturated carbocycles. The number of aromatic carboxylic acids is 1. The Balaban J connectivity index is 1.68. The number of anilines is 2. The first-order valence-corrected chi connectivity index (χ1v) is 9.57. The summed E-state index contributed by atoms with van der Waals surface area (Å²) in [5.41, 5.74) is 1.91. The minimum atomic E-state index is -1.37. The highest BCUT2D eigenvalue weighted by molar-refractivity contribution is 6.07. The van der Waals surface area contributed by atoms with Gasteiger partial charge in [-0.15, -0.1) is 0 Å². The highest BCUT2D eigenvalue weighted by Gasteiger charge is 2.18. The zero-order valence-electron chi connectivity index (χ0n) is 16.4. The van der Waals surface area contributed by atoms with Gasteiger partial charge in [-0.25, -0.2) is 0 Å². The third kappa shape index (κ3) is 4.91. The van der Waals surface area contributed by atoms with E-state index in [2.05, 4.69) is 10.6 Å². The number of hydrogen-bond donors (Lipinski definition) is 2. The summed E-state index contributed by atoms with van der Waals surface area (Å²) in [6.07, 6.45) is 0.661. The number of carbonyl (C=O) groups is 3. The first-order chi connectivity index (χ1) is 14.5. The van der Waals surface area contributed by atoms with Gasteiger partial charge in [0.2, 0.25) is 5.91 Å². The Morgan fingerprint density at radius 2 is 1.47 bits per heavy atom. The SMILES string of the molecule is CC[C@H](C(=O)Nc1ccc(C(=O)Nc2ccccc2C(=O)[O-])cc1)c1ccccc1. The summed E-state index contributed by atoms with van der Waals surface area (Å²) >= 11 is 0. The Kier molecular flexibility index (Phi) is 6.60. The van der Waals surface area contributed by atoms with Crippen LogP contribution in [0.4, 0.5) is 11.4 Å². The van der Waals surface area contributed by atoms with Crippen LogP contribution in [0.1, 0.15) is 45.5 Å². The molecule has 1 atom stereocenters. The Bertz CT molecular complexity index is 1050. The molecule has 30 heavy (non-hydrogen) atoms. The topological polar surface area (TPSA) is 98.3 Å². The van der Waals surface area contributed by atoms with E-state index in [9.17, 15) is 19.5 Å². The van der Waals surface area contributed by atoms with Crippen molar-refractivity contribution in [3.63, 3.8) is 0 Å². The Labute approximate surface area is 174 Å². The lowest BCUT2D eigenvalue weighted by molar-refractivity contribution is -0.254. The number of carbonyl (C=O) groups excluding carboxylic acids is 3. The first kappa shape index (κ1) is 20.8. The number of hydrogen-bond acceptors (Lipinski definition) is 4. The summed E-state index contributed by atoms with van der Waals surface area (Å²) in [6, 6.07) is 22.0. The average Bonchev–Trinajstić information content (AvgIpc) is 2.75. The highest BCUT2D eigenvalue weighted by Crippen LogP contribution is 2.22. The fourth-order valence-corrected chi connectivity index (χ4v) is 3.16. The van der Waals surface area contributed by atoms with Crippen LogP contribution in [0.2, 0.25) is 0 Å². The molecule has 0 radical (unpaired) electrons. The van der Waals surface area contributed by atoms with Crippen LogP contribution in [-0.2, 0) is 4.79 Å². The molecule has 6 heteroatoms. The monoisotopic (exact) mass is 401 g/mol. The number of benzene rings is 3. The van der Waals surface area contributed by atoms with E-state index >= 15 is 0 Å². The molecule has 0 aromatic heterocycles. The van der Waals surface area contributed by atoms with Gasteiger partial charge in [-0.05, 0) is 42.3 Å². The normalized spacial score (nSPS) is 11.4. The van der Waals surface area contributed by atoms with Crippen molar-refractivity contribution in [3.05, 3.63) is 95.6 Å². The van der Waals surface area contributed by atoms with Crippen molar-refractivity contribution >= 4 is 29.2 Å². The van der Waals surface area contributed by atoms with Gasteiger partial charge in [0.1, 0.15) is 0 Å². The zero-order valence-corrected chi connectivity index (χ0v) is 16.4. The van der Waals surface area contributed by atoms with Crippen molar-refractivity contribution in [2.24, 2.45) is 0 Å². The van der Waals surface area contributed by atoms with Gasteiger partial charge in [-0.3, -0.25) is 9.59 Å². The van der Waals surface area contributed by atoms with Crippen LogP contribution >= 0.6 is 0 Å². The quantitative estimate of drug-likeness (QED) is 0.634. The van der Waals surface area contributed by atoms with Crippen molar-refractivity contribution in [2.75, 3.05) is 10.6 Å². The van der Waals surface area contributed by atoms with E-state index in [1.54, 1.807) is 36.4 Å². The Morgan fingerprint density at radius 1 is 0.833 bits per heavy atom. The number of para-hydroxylation sites is 1. The molecule has 0 spiro atoms. The third-order valence-electron chi connectivity index (χ3n) is 4.74. The smallest absolute Gasteiger partial charge is 0.255 e. The molecule has 2 amide bonds. The van der Waals surface area contributed by atoms with Crippen LogP contribution in [0, 0.1) is 0 Å². The fourth-order valence-electron chi connectivity index (χ4n) is 3.16. The van der Waals surface area contributed by atoms with E-state index < -0.39 is 11.9 Å². The predicted octanol–water partition coefficient (Wildman–Crippen LogP) is 3.43. The van der Waals surface area contributed by atoms with Crippen LogP contribution < -0.4 is 15.7 Å². The molecule has 6 nitrogen and oxygen atoms in total. The maximum Gasteiger partial charge on any atom is 0.255 e. The van der Waals surface area contributed by atoms with Crippen molar-refractivity contribution < 1.29 is 19.5 Å². The molecule has 0 saturated heterocycles. The zero-order chi connectivity index (χ0) is 21.5. The minimum absolute atomic E-state index is 0.0961. The highest BCUT2D eigenvalue weighted by atomic mass is 16.4. The fraction of sp³-hybridized carbons (Fsp3) is 0.125. The molecule has 2 N–H and O–H groups in total. The maximum atomic E-state index is 12.7. The van der Waals surface area contributed by atoms with Gasteiger partial charge in [0, 0.05) is 16.8 Å². The summed E-state index contributed by atoms with van der Waals surface area (Å²) in [4.78, 5) is 36.3. The molecular formula is C24H21N2O4-. The third-order valence-corrected chi connectivity index (χ3v) is 4.74. The molecule has 0 aliphatic rings. The van der Waals surface area contributed by atoms with Crippen LogP contribution in [0.5, 0.6) is 0 Å². The largest absolute Gasteiger partial charge is 0.545 e. The molecule has 0 bridgehead atoms. The van der Waals surface area contributed by atoms with Crippen LogP contribution in [0.3, 0.4) is 0 Å². The van der Waals surface area contributed by atoms with Crippen molar-refractivity contribution in [1.82, 2.24) is 0 Å². The van der Waals surface area contributed by atoms with Gasteiger partial charge in [0.15, 0.2) is 0 Å². The summed E-state index contributed by atoms with van der Waals surface area (Å²) in [6.45, 7) is 1.95. The van der Waals surface area contributed by atoms with Crippen LogP contribution in [0.25, 0.3) is 0 Å². The van der Waals surface area contributed by atoms with Gasteiger partial charge < -0.3 is 20.5 Å². The lowest BCUT2D eigenvalue weighted by Gasteiger charge is -2.16. The van der Waals surface area contributed by atoms with Crippen LogP contribution in [0.15, 0.2) is 78.9 Å². The number of amides is 2. The molecule has 0 aliphatic heterocycles. The van der Waals surface area contributed by atoms with Gasteiger partial charge in [-0.2, -0.15) is 0 Å². The van der Waals surface area contributed by atoms with Gasteiger partial charge in [0.05, 0.1) is 17.6 Å². The van der Waals surface area contributed by atoms with Crippen molar-refractivity contribution in [3.8, 4) is 0 Å². The van der Waals surface area contributed by atoms with E-state index in [4.69, 9.17) is 0 Å². The van der Waals surface area contributed by atoms with E-state index in [1.165, 1.54) is 12.1 Å². The van der Waals surface area contributed by atoms with Gasteiger partial charge >= 0.3 is 0 Å². The molecule has 0 fully saturated rings. The number of carboxylic acid groups (broad SMARTS) is 1. The molecule has 0 unspecified atom stereocenters. The second-order valence-corrected chi connectivity index (χ2v) is 6.73. The van der Waals surface area contributed by atoms with Crippen molar-refractivity contribution in [2.45, 2.75) is 19.3 Å². The average molecular weight is 401 g/mol.